The van der Waals surface area contributed by atoms with E-state index in [0.29, 0.717) is 17.0 Å². The first-order valence-electron chi connectivity index (χ1n) is 6.16. The van der Waals surface area contributed by atoms with Gasteiger partial charge in [-0.05, 0) is 45.0 Å². The molecule has 0 bridgehead atoms. The maximum Gasteiger partial charge on any atom is 0.412 e. The van der Waals surface area contributed by atoms with Crippen LogP contribution in [0.3, 0.4) is 0 Å². The van der Waals surface area contributed by atoms with E-state index >= 15 is 0 Å². The fourth-order valence-corrected chi connectivity index (χ4v) is 1.68. The molecule has 2 rings (SSSR count). The van der Waals surface area contributed by atoms with Gasteiger partial charge in [0.05, 0.1) is 0 Å². The van der Waals surface area contributed by atoms with Crippen molar-refractivity contribution in [1.82, 2.24) is 4.98 Å². The van der Waals surface area contributed by atoms with Crippen molar-refractivity contribution in [3.63, 3.8) is 0 Å². The van der Waals surface area contributed by atoms with Crippen molar-refractivity contribution in [3.05, 3.63) is 41.7 Å². The van der Waals surface area contributed by atoms with Crippen molar-refractivity contribution >= 4 is 28.5 Å². The Morgan fingerprint density at radius 3 is 2.70 bits per heavy atom. The Hall–Kier alpha value is -2.61. The smallest absolute Gasteiger partial charge is 0.412 e. The second-order valence-corrected chi connectivity index (χ2v) is 5.32. The Morgan fingerprint density at radius 1 is 1.30 bits per heavy atom. The first kappa shape index (κ1) is 13.8. The van der Waals surface area contributed by atoms with Gasteiger partial charge in [-0.15, -0.1) is 4.98 Å². The number of carbonyl (C=O) groups excluding carboxylic acids is 1. The van der Waals surface area contributed by atoms with Gasteiger partial charge in [-0.1, -0.05) is 12.6 Å². The molecule has 1 heterocycles. The van der Waals surface area contributed by atoms with Crippen molar-refractivity contribution < 1.29 is 9.53 Å². The Morgan fingerprint density at radius 2 is 2.05 bits per heavy atom. The molecule has 0 aliphatic carbocycles. The Labute approximate surface area is 117 Å². The molecule has 0 unspecified atom stereocenters. The molecule has 1 aromatic heterocycles. The third-order valence-corrected chi connectivity index (χ3v) is 2.43. The maximum absolute atomic E-state index is 11.7. The minimum atomic E-state index is -0.535. The highest BCUT2D eigenvalue weighted by Gasteiger charge is 2.16. The Bertz CT molecular complexity index is 696. The lowest BCUT2D eigenvalue weighted by atomic mass is 10.2. The number of nitrogens with one attached hydrogen (secondary N) is 1. The van der Waals surface area contributed by atoms with E-state index in [9.17, 15) is 4.79 Å². The second-order valence-electron chi connectivity index (χ2n) is 5.32. The molecule has 1 aromatic carbocycles. The zero-order valence-electron chi connectivity index (χ0n) is 11.6. The number of aromatic nitrogens is 1. The van der Waals surface area contributed by atoms with Gasteiger partial charge in [-0.3, -0.25) is 5.32 Å². The van der Waals surface area contributed by atoms with Crippen LogP contribution in [0.25, 0.3) is 15.7 Å². The number of hydrogen-bond acceptors (Lipinski definition) is 3. The van der Waals surface area contributed by atoms with Crippen LogP contribution in [0.2, 0.25) is 0 Å². The largest absolute Gasteiger partial charge is 0.444 e. The molecule has 5 heteroatoms. The molecule has 1 N–H and O–H groups in total. The highest BCUT2D eigenvalue weighted by atomic mass is 16.6. The average Bonchev–Trinajstić information content (AvgIpc) is 2.35. The molecule has 0 radical (unpaired) electrons. The van der Waals surface area contributed by atoms with Crippen LogP contribution in [0, 0.1) is 6.57 Å². The molecule has 5 nitrogen and oxygen atoms in total. The number of rotatable bonds is 1. The molecule has 0 saturated carbocycles. The SMILES string of the molecule is [C-]#[N+]c1ccc2cc(NC(=O)OC(C)(C)C)ccc2n1. The fraction of sp³-hybridized carbons (Fsp3) is 0.267. The highest BCUT2D eigenvalue weighted by molar-refractivity contribution is 5.90. The van der Waals surface area contributed by atoms with Gasteiger partial charge in [0.25, 0.3) is 5.82 Å². The zero-order chi connectivity index (χ0) is 14.8. The van der Waals surface area contributed by atoms with E-state index in [-0.39, 0.29) is 0 Å². The molecule has 1 amide bonds. The predicted octanol–water partition coefficient (Wildman–Crippen LogP) is 4.13. The number of pyridine rings is 1. The van der Waals surface area contributed by atoms with Crippen molar-refractivity contribution in [3.8, 4) is 0 Å². The van der Waals surface area contributed by atoms with Gasteiger partial charge in [0.2, 0.25) is 0 Å². The fourth-order valence-electron chi connectivity index (χ4n) is 1.68. The summed E-state index contributed by atoms with van der Waals surface area (Å²) in [6.07, 6.45) is -0.498. The lowest BCUT2D eigenvalue weighted by molar-refractivity contribution is 0.0636. The van der Waals surface area contributed by atoms with Crippen molar-refractivity contribution in [2.75, 3.05) is 5.32 Å². The van der Waals surface area contributed by atoms with Crippen LogP contribution in [-0.4, -0.2) is 16.7 Å². The van der Waals surface area contributed by atoms with Crippen molar-refractivity contribution in [1.29, 1.82) is 0 Å². The summed E-state index contributed by atoms with van der Waals surface area (Å²) in [5, 5.41) is 3.52. The molecule has 20 heavy (non-hydrogen) atoms. The number of fused-ring (bicyclic) bond motifs is 1. The number of hydrogen-bond donors (Lipinski definition) is 1. The number of benzene rings is 1. The summed E-state index contributed by atoms with van der Waals surface area (Å²) in [7, 11) is 0. The summed E-state index contributed by atoms with van der Waals surface area (Å²) in [6, 6.07) is 8.73. The minimum absolute atomic E-state index is 0.352. The van der Waals surface area contributed by atoms with Gasteiger partial charge < -0.3 is 9.58 Å². The van der Waals surface area contributed by atoms with Crippen molar-refractivity contribution in [2.24, 2.45) is 0 Å². The lowest BCUT2D eigenvalue weighted by Gasteiger charge is -2.19. The summed E-state index contributed by atoms with van der Waals surface area (Å²) in [5.74, 6) is 0.352. The lowest BCUT2D eigenvalue weighted by Crippen LogP contribution is -2.27. The first-order valence-corrected chi connectivity index (χ1v) is 6.16. The minimum Gasteiger partial charge on any atom is -0.444 e. The van der Waals surface area contributed by atoms with Gasteiger partial charge >= 0.3 is 6.09 Å². The molecule has 0 atom stereocenters. The predicted molar refractivity (Wildman–Crippen MR) is 77.9 cm³/mol. The second kappa shape index (κ2) is 5.17. The van der Waals surface area contributed by atoms with Gasteiger partial charge in [-0.2, -0.15) is 0 Å². The standard InChI is InChI=1S/C15H15N3O2/c1-15(2,3)20-14(19)17-11-6-7-12-10(9-11)5-8-13(16-4)18-12/h5-9H,1-3H3,(H,17,19). The molecule has 0 aliphatic heterocycles. The topological polar surface area (TPSA) is 55.6 Å². The van der Waals surface area contributed by atoms with Crippen LogP contribution in [-0.2, 0) is 4.74 Å². The molecule has 102 valence electrons. The number of nitrogens with zero attached hydrogens (tertiary/aromatic N) is 2. The summed E-state index contributed by atoms with van der Waals surface area (Å²) in [4.78, 5) is 19.1. The number of ether oxygens (including phenoxy) is 1. The van der Waals surface area contributed by atoms with Gasteiger partial charge in [-0.25, -0.2) is 4.79 Å². The van der Waals surface area contributed by atoms with Crippen LogP contribution >= 0.6 is 0 Å². The Kier molecular flexibility index (Phi) is 3.57. The van der Waals surface area contributed by atoms with E-state index in [4.69, 9.17) is 11.3 Å². The number of amides is 1. The van der Waals surface area contributed by atoms with E-state index in [1.807, 2.05) is 20.8 Å². The van der Waals surface area contributed by atoms with Gasteiger partial charge in [0.15, 0.2) is 5.52 Å². The maximum atomic E-state index is 11.7. The van der Waals surface area contributed by atoms with Crippen LogP contribution in [0.5, 0.6) is 0 Å². The van der Waals surface area contributed by atoms with Gasteiger partial charge in [0, 0.05) is 11.1 Å². The molecular formula is C15H15N3O2. The van der Waals surface area contributed by atoms with E-state index < -0.39 is 11.7 Å². The number of carbonyl (C=O) groups is 1. The van der Waals surface area contributed by atoms with Gasteiger partial charge in [0.1, 0.15) is 5.60 Å². The molecule has 0 saturated heterocycles. The van der Waals surface area contributed by atoms with E-state index in [1.165, 1.54) is 0 Å². The van der Waals surface area contributed by atoms with E-state index in [1.54, 1.807) is 30.3 Å². The summed E-state index contributed by atoms with van der Waals surface area (Å²) in [6.45, 7) is 12.4. The zero-order valence-corrected chi connectivity index (χ0v) is 11.6. The van der Waals surface area contributed by atoms with Crippen LogP contribution < -0.4 is 5.32 Å². The average molecular weight is 269 g/mol. The van der Waals surface area contributed by atoms with E-state index in [0.717, 1.165) is 5.39 Å². The molecule has 2 aromatic rings. The van der Waals surface area contributed by atoms with Crippen LogP contribution in [0.4, 0.5) is 16.3 Å². The Balaban J connectivity index is 2.20. The summed E-state index contributed by atoms with van der Waals surface area (Å²) in [5.41, 5.74) is 0.810. The van der Waals surface area contributed by atoms with Crippen LogP contribution in [0.15, 0.2) is 30.3 Å². The third kappa shape index (κ3) is 3.45. The van der Waals surface area contributed by atoms with Crippen LogP contribution in [0.1, 0.15) is 20.8 Å². The summed E-state index contributed by atoms with van der Waals surface area (Å²) >= 11 is 0. The van der Waals surface area contributed by atoms with E-state index in [2.05, 4.69) is 15.1 Å². The molecular weight excluding hydrogens is 254 g/mol. The monoisotopic (exact) mass is 269 g/mol. The number of anilines is 1. The normalized spacial score (nSPS) is 10.9. The molecule has 0 aliphatic rings. The first-order chi connectivity index (χ1) is 9.37. The highest BCUT2D eigenvalue weighted by Crippen LogP contribution is 2.21. The quantitative estimate of drug-likeness (QED) is 0.792. The molecule has 0 fully saturated rings. The summed E-state index contributed by atoms with van der Waals surface area (Å²) < 4.78 is 5.18. The third-order valence-electron chi connectivity index (χ3n) is 2.43. The van der Waals surface area contributed by atoms with Crippen molar-refractivity contribution in [2.45, 2.75) is 26.4 Å². The molecule has 0 spiro atoms.